The van der Waals surface area contributed by atoms with Crippen molar-refractivity contribution in [2.75, 3.05) is 31.8 Å². The van der Waals surface area contributed by atoms with Crippen LogP contribution >= 0.6 is 11.8 Å². The number of nitrogens with one attached hydrogen (secondary N) is 1. The van der Waals surface area contributed by atoms with Crippen molar-refractivity contribution in [3.8, 4) is 0 Å². The second kappa shape index (κ2) is 9.39. The van der Waals surface area contributed by atoms with E-state index in [-0.39, 0.29) is 0 Å². The fourth-order valence-corrected chi connectivity index (χ4v) is 4.13. The average molecular weight is 315 g/mol. The Labute approximate surface area is 135 Å². The van der Waals surface area contributed by atoms with E-state index >= 15 is 0 Å². The predicted octanol–water partition coefficient (Wildman–Crippen LogP) is 3.34. The Kier molecular flexibility index (Phi) is 7.86. The largest absolute Gasteiger partial charge is 0.375 e. The van der Waals surface area contributed by atoms with Gasteiger partial charge in [0.05, 0.1) is 12.2 Å². The van der Waals surface area contributed by atoms with Crippen molar-refractivity contribution in [1.82, 2.24) is 10.2 Å². The summed E-state index contributed by atoms with van der Waals surface area (Å²) in [6.45, 7) is 8.10. The molecule has 0 atom stereocenters. The Morgan fingerprint density at radius 2 is 1.67 bits per heavy atom. The lowest BCUT2D eigenvalue weighted by Crippen LogP contribution is -2.39. The molecular weight excluding hydrogens is 280 g/mol. The van der Waals surface area contributed by atoms with E-state index in [1.807, 2.05) is 11.8 Å². The fraction of sp³-hybridized carbons (Fsp3) is 1.00. The highest BCUT2D eigenvalue weighted by atomic mass is 32.2. The third-order valence-electron chi connectivity index (χ3n) is 4.84. The molecule has 1 heterocycles. The van der Waals surface area contributed by atoms with Gasteiger partial charge in [0.2, 0.25) is 0 Å². The second-order valence-electron chi connectivity index (χ2n) is 7.08. The summed E-state index contributed by atoms with van der Waals surface area (Å²) >= 11 is 1.93. The van der Waals surface area contributed by atoms with Gasteiger partial charge in [-0.3, -0.25) is 4.90 Å². The SMILES string of the molecule is CSCN1CCC(OC2CCC(CNC(C)C)CC2)CC1. The van der Waals surface area contributed by atoms with Crippen LogP contribution in [0.25, 0.3) is 0 Å². The zero-order valence-electron chi connectivity index (χ0n) is 14.1. The van der Waals surface area contributed by atoms with Gasteiger partial charge in [-0.2, -0.15) is 0 Å². The van der Waals surface area contributed by atoms with Gasteiger partial charge in [-0.1, -0.05) is 13.8 Å². The molecular formula is C17H34N2OS. The minimum absolute atomic E-state index is 0.526. The topological polar surface area (TPSA) is 24.5 Å². The van der Waals surface area contributed by atoms with Crippen molar-refractivity contribution < 1.29 is 4.74 Å². The number of thioether (sulfide) groups is 1. The quantitative estimate of drug-likeness (QED) is 0.779. The third kappa shape index (κ3) is 6.47. The van der Waals surface area contributed by atoms with E-state index in [0.717, 1.165) is 5.92 Å². The van der Waals surface area contributed by atoms with Gasteiger partial charge in [-0.15, -0.1) is 11.8 Å². The van der Waals surface area contributed by atoms with Crippen molar-refractivity contribution >= 4 is 11.8 Å². The molecule has 1 aliphatic carbocycles. The Morgan fingerprint density at radius 3 is 2.24 bits per heavy atom. The summed E-state index contributed by atoms with van der Waals surface area (Å²) in [5.41, 5.74) is 0. The standard InChI is InChI=1S/C17H34N2OS/c1-14(2)18-12-15-4-6-16(7-5-15)20-17-8-10-19(11-9-17)13-21-3/h14-18H,4-13H2,1-3H3. The highest BCUT2D eigenvalue weighted by Crippen LogP contribution is 2.28. The molecule has 0 amide bonds. The number of ether oxygens (including phenoxy) is 1. The van der Waals surface area contributed by atoms with E-state index in [4.69, 9.17) is 4.74 Å². The van der Waals surface area contributed by atoms with Crippen LogP contribution in [0, 0.1) is 5.92 Å². The van der Waals surface area contributed by atoms with Gasteiger partial charge in [0, 0.05) is 25.0 Å². The first kappa shape index (κ1) is 17.6. The normalized spacial score (nSPS) is 29.1. The first-order valence-corrected chi connectivity index (χ1v) is 10.2. The monoisotopic (exact) mass is 314 g/mol. The molecule has 1 saturated carbocycles. The number of nitrogens with zero attached hydrogens (tertiary/aromatic N) is 1. The number of hydrogen-bond acceptors (Lipinski definition) is 4. The molecule has 0 aromatic heterocycles. The van der Waals surface area contributed by atoms with E-state index in [1.165, 1.54) is 64.0 Å². The lowest BCUT2D eigenvalue weighted by atomic mass is 9.87. The van der Waals surface area contributed by atoms with Gasteiger partial charge in [-0.25, -0.2) is 0 Å². The van der Waals surface area contributed by atoms with Crippen LogP contribution in [0.15, 0.2) is 0 Å². The smallest absolute Gasteiger partial charge is 0.0603 e. The summed E-state index contributed by atoms with van der Waals surface area (Å²) in [4.78, 5) is 2.55. The van der Waals surface area contributed by atoms with E-state index in [0.29, 0.717) is 18.2 Å². The summed E-state index contributed by atoms with van der Waals surface area (Å²) in [5.74, 6) is 2.05. The fourth-order valence-electron chi connectivity index (χ4n) is 3.50. The Morgan fingerprint density at radius 1 is 1.05 bits per heavy atom. The summed E-state index contributed by atoms with van der Waals surface area (Å²) in [7, 11) is 0. The van der Waals surface area contributed by atoms with Crippen molar-refractivity contribution in [3.05, 3.63) is 0 Å². The van der Waals surface area contributed by atoms with Crippen LogP contribution in [0.2, 0.25) is 0 Å². The van der Waals surface area contributed by atoms with Gasteiger partial charge in [0.15, 0.2) is 0 Å². The molecule has 124 valence electrons. The maximum Gasteiger partial charge on any atom is 0.0603 e. The second-order valence-corrected chi connectivity index (χ2v) is 7.91. The maximum absolute atomic E-state index is 6.38. The molecule has 0 radical (unpaired) electrons. The molecule has 3 nitrogen and oxygen atoms in total. The lowest BCUT2D eigenvalue weighted by Gasteiger charge is -2.36. The van der Waals surface area contributed by atoms with Crippen LogP contribution in [0.5, 0.6) is 0 Å². The van der Waals surface area contributed by atoms with Crippen LogP contribution in [0.1, 0.15) is 52.4 Å². The Bertz CT molecular complexity index is 272. The molecule has 1 aliphatic heterocycles. The van der Waals surface area contributed by atoms with Crippen LogP contribution in [0.4, 0.5) is 0 Å². The summed E-state index contributed by atoms with van der Waals surface area (Å²) < 4.78 is 6.38. The van der Waals surface area contributed by atoms with Gasteiger partial charge in [0.1, 0.15) is 0 Å². The number of hydrogen-bond donors (Lipinski definition) is 1. The zero-order chi connectivity index (χ0) is 15.1. The van der Waals surface area contributed by atoms with Crippen LogP contribution < -0.4 is 5.32 Å². The minimum atomic E-state index is 0.526. The van der Waals surface area contributed by atoms with Gasteiger partial charge in [-0.05, 0) is 57.2 Å². The Balaban J connectivity index is 1.59. The molecule has 0 spiro atoms. The van der Waals surface area contributed by atoms with Crippen LogP contribution in [0.3, 0.4) is 0 Å². The first-order chi connectivity index (χ1) is 10.2. The van der Waals surface area contributed by atoms with E-state index in [9.17, 15) is 0 Å². The molecule has 0 aromatic carbocycles. The number of piperidine rings is 1. The van der Waals surface area contributed by atoms with Gasteiger partial charge < -0.3 is 10.1 Å². The molecule has 1 N–H and O–H groups in total. The molecule has 0 bridgehead atoms. The highest BCUT2D eigenvalue weighted by molar-refractivity contribution is 7.98. The number of likely N-dealkylation sites (tertiary alicyclic amines) is 1. The van der Waals surface area contributed by atoms with Crippen LogP contribution in [-0.2, 0) is 4.74 Å². The summed E-state index contributed by atoms with van der Waals surface area (Å²) in [6, 6.07) is 0.616. The first-order valence-electron chi connectivity index (χ1n) is 8.77. The summed E-state index contributed by atoms with van der Waals surface area (Å²) in [5, 5.41) is 3.58. The molecule has 4 heteroatoms. The van der Waals surface area contributed by atoms with Crippen molar-refractivity contribution in [3.63, 3.8) is 0 Å². The zero-order valence-corrected chi connectivity index (χ0v) is 15.0. The molecule has 2 fully saturated rings. The maximum atomic E-state index is 6.38. The molecule has 0 unspecified atom stereocenters. The van der Waals surface area contributed by atoms with Crippen molar-refractivity contribution in [2.24, 2.45) is 5.92 Å². The molecule has 21 heavy (non-hydrogen) atoms. The van der Waals surface area contributed by atoms with Crippen molar-refractivity contribution in [2.45, 2.75) is 70.6 Å². The average Bonchev–Trinajstić information content (AvgIpc) is 2.49. The van der Waals surface area contributed by atoms with Gasteiger partial charge >= 0.3 is 0 Å². The predicted molar refractivity (Wildman–Crippen MR) is 92.9 cm³/mol. The minimum Gasteiger partial charge on any atom is -0.375 e. The third-order valence-corrected chi connectivity index (χ3v) is 5.46. The Hall–Kier alpha value is 0.230. The highest BCUT2D eigenvalue weighted by Gasteiger charge is 2.26. The number of rotatable bonds is 7. The van der Waals surface area contributed by atoms with E-state index < -0.39 is 0 Å². The lowest BCUT2D eigenvalue weighted by molar-refractivity contribution is -0.0590. The molecule has 2 aliphatic rings. The molecule has 2 rings (SSSR count). The molecule has 1 saturated heterocycles. The van der Waals surface area contributed by atoms with Gasteiger partial charge in [0.25, 0.3) is 0 Å². The van der Waals surface area contributed by atoms with E-state index in [1.54, 1.807) is 0 Å². The molecule has 0 aromatic rings. The van der Waals surface area contributed by atoms with Crippen molar-refractivity contribution in [1.29, 1.82) is 0 Å². The van der Waals surface area contributed by atoms with E-state index in [2.05, 4.69) is 30.3 Å². The van der Waals surface area contributed by atoms with Crippen LogP contribution in [-0.4, -0.2) is 54.9 Å². The summed E-state index contributed by atoms with van der Waals surface area (Å²) in [6.07, 6.45) is 11.0.